The molecule has 0 aromatic heterocycles. The van der Waals surface area contributed by atoms with Gasteiger partial charge in [-0.3, -0.25) is 0 Å². The van der Waals surface area contributed by atoms with E-state index >= 15 is 0 Å². The summed E-state index contributed by atoms with van der Waals surface area (Å²) in [6, 6.07) is 0. The number of rotatable bonds is 15. The lowest BCUT2D eigenvalue weighted by Gasteiger charge is -2.14. The van der Waals surface area contributed by atoms with Crippen LogP contribution in [0.3, 0.4) is 0 Å². The van der Waals surface area contributed by atoms with E-state index in [1.54, 1.807) is 0 Å². The molecule has 0 saturated heterocycles. The van der Waals surface area contributed by atoms with E-state index in [2.05, 4.69) is 6.92 Å². The number of hydrogen-bond acceptors (Lipinski definition) is 2. The zero-order chi connectivity index (χ0) is 14.2. The average molecular weight is 271 g/mol. The summed E-state index contributed by atoms with van der Waals surface area (Å²) in [5, 5.41) is 0. The van der Waals surface area contributed by atoms with Gasteiger partial charge in [0, 0.05) is 0 Å². The topological polar surface area (TPSA) is 52.0 Å². The summed E-state index contributed by atoms with van der Waals surface area (Å²) in [6.07, 6.45) is 17.7. The van der Waals surface area contributed by atoms with Gasteiger partial charge in [-0.15, -0.1) is 0 Å². The lowest BCUT2D eigenvalue weighted by Crippen LogP contribution is -2.14. The van der Waals surface area contributed by atoms with Crippen LogP contribution >= 0.6 is 0 Å². The molecule has 0 aromatic carbocycles. The van der Waals surface area contributed by atoms with Gasteiger partial charge in [0.2, 0.25) is 0 Å². The zero-order valence-corrected chi connectivity index (χ0v) is 13.3. The summed E-state index contributed by atoms with van der Waals surface area (Å²) in [7, 11) is 0. The molecule has 0 bridgehead atoms. The van der Waals surface area contributed by atoms with E-state index < -0.39 is 0 Å². The number of nitrogens with two attached hydrogens (primary N) is 2. The standard InChI is InChI=1S/C17H38N2/c1-2-3-4-7-10-13-17(16-19)14-11-8-5-6-9-12-15-18/h17H,2-16,18-19H2,1H3. The van der Waals surface area contributed by atoms with Crippen LogP contribution in [0.25, 0.3) is 0 Å². The molecule has 0 aliphatic rings. The third-order valence-electron chi connectivity index (χ3n) is 4.12. The fraction of sp³-hybridized carbons (Fsp3) is 1.00. The van der Waals surface area contributed by atoms with E-state index in [1.807, 2.05) is 0 Å². The van der Waals surface area contributed by atoms with Gasteiger partial charge in [0.15, 0.2) is 0 Å². The molecule has 0 radical (unpaired) electrons. The van der Waals surface area contributed by atoms with Crippen molar-refractivity contribution in [2.45, 2.75) is 90.4 Å². The first-order chi connectivity index (χ1) is 9.35. The van der Waals surface area contributed by atoms with E-state index in [0.717, 1.165) is 19.0 Å². The molecule has 0 rings (SSSR count). The smallest absolute Gasteiger partial charge is 0.00489 e. The normalized spacial score (nSPS) is 12.8. The highest BCUT2D eigenvalue weighted by molar-refractivity contribution is 4.61. The summed E-state index contributed by atoms with van der Waals surface area (Å²) in [4.78, 5) is 0. The largest absolute Gasteiger partial charge is 0.330 e. The Morgan fingerprint density at radius 3 is 1.58 bits per heavy atom. The first kappa shape index (κ1) is 18.9. The molecular weight excluding hydrogens is 232 g/mol. The minimum Gasteiger partial charge on any atom is -0.330 e. The van der Waals surface area contributed by atoms with Gasteiger partial charge in [0.05, 0.1) is 0 Å². The molecule has 0 heterocycles. The molecule has 19 heavy (non-hydrogen) atoms. The van der Waals surface area contributed by atoms with Crippen molar-refractivity contribution in [3.05, 3.63) is 0 Å². The third kappa shape index (κ3) is 14.1. The van der Waals surface area contributed by atoms with Crippen LogP contribution in [0.4, 0.5) is 0 Å². The molecule has 0 fully saturated rings. The Bertz CT molecular complexity index is 159. The van der Waals surface area contributed by atoms with Crippen LogP contribution in [0.15, 0.2) is 0 Å². The van der Waals surface area contributed by atoms with Crippen molar-refractivity contribution in [3.8, 4) is 0 Å². The fourth-order valence-corrected chi connectivity index (χ4v) is 2.70. The maximum atomic E-state index is 5.88. The van der Waals surface area contributed by atoms with Crippen molar-refractivity contribution in [2.24, 2.45) is 17.4 Å². The van der Waals surface area contributed by atoms with Gasteiger partial charge in [-0.1, -0.05) is 71.1 Å². The van der Waals surface area contributed by atoms with E-state index in [1.165, 1.54) is 83.5 Å². The lowest BCUT2D eigenvalue weighted by molar-refractivity contribution is 0.411. The Morgan fingerprint density at radius 2 is 1.11 bits per heavy atom. The first-order valence-electron chi connectivity index (χ1n) is 8.75. The molecule has 1 atom stereocenters. The minimum atomic E-state index is 0.783. The second-order valence-electron chi connectivity index (χ2n) is 6.00. The van der Waals surface area contributed by atoms with Gasteiger partial charge in [-0.2, -0.15) is 0 Å². The van der Waals surface area contributed by atoms with Crippen LogP contribution < -0.4 is 11.5 Å². The quantitative estimate of drug-likeness (QED) is 0.427. The molecule has 2 nitrogen and oxygen atoms in total. The Labute approximate surface area is 121 Å². The first-order valence-corrected chi connectivity index (χ1v) is 8.75. The molecule has 0 aliphatic heterocycles. The Hall–Kier alpha value is -0.0800. The third-order valence-corrected chi connectivity index (χ3v) is 4.12. The number of hydrogen-bond donors (Lipinski definition) is 2. The van der Waals surface area contributed by atoms with Crippen molar-refractivity contribution < 1.29 is 0 Å². The van der Waals surface area contributed by atoms with E-state index in [9.17, 15) is 0 Å². The average Bonchev–Trinajstić information content (AvgIpc) is 2.44. The van der Waals surface area contributed by atoms with Crippen molar-refractivity contribution in [1.29, 1.82) is 0 Å². The van der Waals surface area contributed by atoms with E-state index in [0.29, 0.717) is 0 Å². The van der Waals surface area contributed by atoms with Gasteiger partial charge >= 0.3 is 0 Å². The summed E-state index contributed by atoms with van der Waals surface area (Å²) in [5.74, 6) is 0.783. The van der Waals surface area contributed by atoms with Crippen molar-refractivity contribution in [1.82, 2.24) is 0 Å². The van der Waals surface area contributed by atoms with Gasteiger partial charge in [0.1, 0.15) is 0 Å². The summed E-state index contributed by atoms with van der Waals surface area (Å²) in [5.41, 5.74) is 11.4. The Morgan fingerprint density at radius 1 is 0.632 bits per heavy atom. The SMILES string of the molecule is CCCCCCCC(CN)CCCCCCCCN. The lowest BCUT2D eigenvalue weighted by atomic mass is 9.94. The monoisotopic (exact) mass is 270 g/mol. The second kappa shape index (κ2) is 16.0. The van der Waals surface area contributed by atoms with E-state index in [-0.39, 0.29) is 0 Å². The fourth-order valence-electron chi connectivity index (χ4n) is 2.70. The van der Waals surface area contributed by atoms with Gasteiger partial charge in [-0.25, -0.2) is 0 Å². The highest BCUT2D eigenvalue weighted by Crippen LogP contribution is 2.18. The van der Waals surface area contributed by atoms with Crippen molar-refractivity contribution in [2.75, 3.05) is 13.1 Å². The Kier molecular flexibility index (Phi) is 15.9. The van der Waals surface area contributed by atoms with Gasteiger partial charge in [0.25, 0.3) is 0 Å². The van der Waals surface area contributed by atoms with E-state index in [4.69, 9.17) is 11.5 Å². The minimum absolute atomic E-state index is 0.783. The molecule has 116 valence electrons. The van der Waals surface area contributed by atoms with Crippen LogP contribution in [0, 0.1) is 5.92 Å². The maximum absolute atomic E-state index is 5.88. The van der Waals surface area contributed by atoms with Crippen LogP contribution in [-0.2, 0) is 0 Å². The van der Waals surface area contributed by atoms with Crippen LogP contribution in [0.5, 0.6) is 0 Å². The summed E-state index contributed by atoms with van der Waals surface area (Å²) >= 11 is 0. The molecular formula is C17H38N2. The highest BCUT2D eigenvalue weighted by atomic mass is 14.5. The number of unbranched alkanes of at least 4 members (excludes halogenated alkanes) is 9. The molecule has 2 heteroatoms. The summed E-state index contributed by atoms with van der Waals surface area (Å²) in [6.45, 7) is 4.02. The highest BCUT2D eigenvalue weighted by Gasteiger charge is 2.05. The Balaban J connectivity index is 3.29. The molecule has 4 N–H and O–H groups in total. The zero-order valence-electron chi connectivity index (χ0n) is 13.3. The maximum Gasteiger partial charge on any atom is -0.00489 e. The predicted molar refractivity (Wildman–Crippen MR) is 87.3 cm³/mol. The summed E-state index contributed by atoms with van der Waals surface area (Å²) < 4.78 is 0. The molecule has 0 amide bonds. The van der Waals surface area contributed by atoms with Crippen LogP contribution in [0.2, 0.25) is 0 Å². The van der Waals surface area contributed by atoms with Crippen LogP contribution in [-0.4, -0.2) is 13.1 Å². The van der Waals surface area contributed by atoms with Crippen molar-refractivity contribution >= 4 is 0 Å². The molecule has 0 aromatic rings. The molecule has 0 spiro atoms. The second-order valence-corrected chi connectivity index (χ2v) is 6.00. The van der Waals surface area contributed by atoms with Gasteiger partial charge < -0.3 is 11.5 Å². The van der Waals surface area contributed by atoms with Gasteiger partial charge in [-0.05, 0) is 38.3 Å². The van der Waals surface area contributed by atoms with Crippen molar-refractivity contribution in [3.63, 3.8) is 0 Å². The predicted octanol–water partition coefficient (Wildman–Crippen LogP) is 4.61. The molecule has 0 aliphatic carbocycles. The molecule has 1 unspecified atom stereocenters. The molecule has 0 saturated carbocycles. The van der Waals surface area contributed by atoms with Crippen LogP contribution in [0.1, 0.15) is 90.4 Å².